The number of pyridine rings is 1. The number of aliphatic hydroxyl groups is 2. The number of hydrogen-bond donors (Lipinski definition) is 3. The zero-order valence-corrected chi connectivity index (χ0v) is 23.8. The number of aromatic nitrogens is 1. The quantitative estimate of drug-likeness (QED) is 0.235. The summed E-state index contributed by atoms with van der Waals surface area (Å²) in [7, 11) is 1.99. The minimum absolute atomic E-state index is 0.0237. The van der Waals surface area contributed by atoms with Crippen molar-refractivity contribution in [2.24, 2.45) is 0 Å². The van der Waals surface area contributed by atoms with E-state index in [-0.39, 0.29) is 30.8 Å². The van der Waals surface area contributed by atoms with E-state index in [2.05, 4.69) is 15.2 Å². The van der Waals surface area contributed by atoms with Crippen LogP contribution in [0.5, 0.6) is 0 Å². The first-order valence-electron chi connectivity index (χ1n) is 14.2. The second-order valence-electron chi connectivity index (χ2n) is 10.7. The van der Waals surface area contributed by atoms with Crippen molar-refractivity contribution in [2.75, 3.05) is 18.9 Å². The third kappa shape index (κ3) is 7.28. The molecule has 8 nitrogen and oxygen atoms in total. The van der Waals surface area contributed by atoms with Crippen LogP contribution in [0.3, 0.4) is 0 Å². The summed E-state index contributed by atoms with van der Waals surface area (Å²) in [6.45, 7) is 2.56. The van der Waals surface area contributed by atoms with Gasteiger partial charge < -0.3 is 25.0 Å². The summed E-state index contributed by atoms with van der Waals surface area (Å²) >= 11 is 0. The molecular formula is C34H37N3O5. The molecule has 218 valence electrons. The number of benzene rings is 3. The summed E-state index contributed by atoms with van der Waals surface area (Å²) in [6, 6.07) is 28.2. The van der Waals surface area contributed by atoms with Crippen LogP contribution in [-0.2, 0) is 16.1 Å². The number of aliphatic hydroxyl groups excluding tert-OH is 2. The van der Waals surface area contributed by atoms with Gasteiger partial charge in [0.25, 0.3) is 5.91 Å². The maximum atomic E-state index is 12.7. The maximum absolute atomic E-state index is 12.7. The van der Waals surface area contributed by atoms with Crippen molar-refractivity contribution in [3.63, 3.8) is 0 Å². The number of carbonyl (C=O) groups is 1. The number of hydrogen-bond acceptors (Lipinski definition) is 7. The van der Waals surface area contributed by atoms with Crippen LogP contribution in [0.2, 0.25) is 0 Å². The van der Waals surface area contributed by atoms with Gasteiger partial charge in [0, 0.05) is 42.7 Å². The number of likely N-dealkylation sites (N-methyl/N-ethyl adjacent to an activating group) is 1. The van der Waals surface area contributed by atoms with Crippen molar-refractivity contribution >= 4 is 11.6 Å². The Bertz CT molecular complexity index is 1430. The van der Waals surface area contributed by atoms with Crippen molar-refractivity contribution in [2.45, 2.75) is 50.6 Å². The van der Waals surface area contributed by atoms with Crippen LogP contribution in [0.1, 0.15) is 64.5 Å². The Labute approximate surface area is 246 Å². The molecule has 0 spiro atoms. The van der Waals surface area contributed by atoms with Gasteiger partial charge in [-0.2, -0.15) is 0 Å². The standard InChI is InChI=1S/C34H37N3O5/c1-23(32(39)26-8-4-3-5-9-26)37(2)21-30-19-31(25-15-13-24(22-38)14-16-25)42-34(41-30)27-10-6-12-29(18-27)36-33(40)28-11-7-17-35-20-28/h3-18,20,23,30-32,34,38-39H,19,21-22H2,1-2H3,(H,36,40). The molecule has 3 N–H and O–H groups in total. The molecule has 1 aliphatic heterocycles. The molecule has 5 atom stereocenters. The number of amides is 1. The first-order valence-corrected chi connectivity index (χ1v) is 14.2. The number of rotatable bonds is 10. The van der Waals surface area contributed by atoms with E-state index >= 15 is 0 Å². The molecule has 1 amide bonds. The molecule has 0 bridgehead atoms. The van der Waals surface area contributed by atoms with Crippen molar-refractivity contribution in [1.29, 1.82) is 0 Å². The summed E-state index contributed by atoms with van der Waals surface area (Å²) in [5.74, 6) is -0.252. The molecule has 1 saturated heterocycles. The van der Waals surface area contributed by atoms with Crippen molar-refractivity contribution < 1.29 is 24.5 Å². The molecule has 8 heteroatoms. The van der Waals surface area contributed by atoms with Crippen LogP contribution >= 0.6 is 0 Å². The maximum Gasteiger partial charge on any atom is 0.257 e. The number of nitrogens with one attached hydrogen (secondary N) is 1. The molecular weight excluding hydrogens is 530 g/mol. The molecule has 42 heavy (non-hydrogen) atoms. The zero-order valence-electron chi connectivity index (χ0n) is 23.8. The number of anilines is 1. The summed E-state index contributed by atoms with van der Waals surface area (Å²) in [4.78, 5) is 18.9. The van der Waals surface area contributed by atoms with E-state index in [9.17, 15) is 15.0 Å². The second kappa shape index (κ2) is 13.8. The van der Waals surface area contributed by atoms with Crippen LogP contribution in [0.15, 0.2) is 103 Å². The fourth-order valence-electron chi connectivity index (χ4n) is 5.15. The Kier molecular flexibility index (Phi) is 9.74. The monoisotopic (exact) mass is 567 g/mol. The fraction of sp³-hybridized carbons (Fsp3) is 0.294. The van der Waals surface area contributed by atoms with Crippen molar-refractivity contribution in [3.05, 3.63) is 131 Å². The third-order valence-electron chi connectivity index (χ3n) is 7.74. The lowest BCUT2D eigenvalue weighted by Gasteiger charge is -2.39. The van der Waals surface area contributed by atoms with E-state index in [1.54, 1.807) is 18.3 Å². The van der Waals surface area contributed by atoms with E-state index in [0.717, 1.165) is 22.3 Å². The molecule has 1 aliphatic rings. The van der Waals surface area contributed by atoms with Gasteiger partial charge in [0.15, 0.2) is 6.29 Å². The number of nitrogens with zero attached hydrogens (tertiary/aromatic N) is 2. The van der Waals surface area contributed by atoms with Gasteiger partial charge in [-0.15, -0.1) is 0 Å². The molecule has 2 heterocycles. The molecule has 4 aromatic rings. The highest BCUT2D eigenvalue weighted by atomic mass is 16.7. The Balaban J connectivity index is 1.35. The van der Waals surface area contributed by atoms with E-state index in [1.165, 1.54) is 6.20 Å². The van der Waals surface area contributed by atoms with Crippen LogP contribution < -0.4 is 5.32 Å². The van der Waals surface area contributed by atoms with Gasteiger partial charge in [-0.05, 0) is 54.9 Å². The smallest absolute Gasteiger partial charge is 0.257 e. The molecule has 1 aromatic heterocycles. The molecule has 0 radical (unpaired) electrons. The second-order valence-corrected chi connectivity index (χ2v) is 10.7. The van der Waals surface area contributed by atoms with E-state index in [1.807, 2.05) is 92.8 Å². The van der Waals surface area contributed by atoms with Gasteiger partial charge in [-0.25, -0.2) is 0 Å². The normalized spacial score (nSPS) is 20.2. The minimum atomic E-state index is -0.677. The largest absolute Gasteiger partial charge is 0.392 e. The topological polar surface area (TPSA) is 104 Å². The SMILES string of the molecule is CC(C(O)c1ccccc1)N(C)CC1CC(c2ccc(CO)cc2)OC(c2cccc(NC(=O)c3cccnc3)c2)O1. The fourth-order valence-corrected chi connectivity index (χ4v) is 5.15. The first kappa shape index (κ1) is 29.6. The summed E-state index contributed by atoms with van der Waals surface area (Å²) in [5.41, 5.74) is 4.56. The summed E-state index contributed by atoms with van der Waals surface area (Å²) < 4.78 is 13.0. The highest BCUT2D eigenvalue weighted by Crippen LogP contribution is 2.39. The molecule has 1 fully saturated rings. The van der Waals surface area contributed by atoms with Crippen LogP contribution in [0.25, 0.3) is 0 Å². The molecule has 5 rings (SSSR count). The lowest BCUT2D eigenvalue weighted by Crippen LogP contribution is -2.43. The predicted molar refractivity (Wildman–Crippen MR) is 161 cm³/mol. The predicted octanol–water partition coefficient (Wildman–Crippen LogP) is 5.43. The zero-order chi connectivity index (χ0) is 29.5. The van der Waals surface area contributed by atoms with Gasteiger partial charge in [-0.3, -0.25) is 14.7 Å². The molecule has 0 saturated carbocycles. The summed E-state index contributed by atoms with van der Waals surface area (Å²) in [6.07, 6.45) is 1.99. The summed E-state index contributed by atoms with van der Waals surface area (Å²) in [5, 5.41) is 23.4. The third-order valence-corrected chi connectivity index (χ3v) is 7.74. The van der Waals surface area contributed by atoms with Gasteiger partial charge in [0.2, 0.25) is 0 Å². The first-order chi connectivity index (χ1) is 20.4. The van der Waals surface area contributed by atoms with Crippen molar-refractivity contribution in [3.8, 4) is 0 Å². The van der Waals surface area contributed by atoms with Gasteiger partial charge in [0.1, 0.15) is 0 Å². The lowest BCUT2D eigenvalue weighted by atomic mass is 9.98. The highest BCUT2D eigenvalue weighted by Gasteiger charge is 2.34. The van der Waals surface area contributed by atoms with E-state index in [0.29, 0.717) is 24.2 Å². The van der Waals surface area contributed by atoms with Crippen LogP contribution in [0, 0.1) is 0 Å². The van der Waals surface area contributed by atoms with Crippen molar-refractivity contribution in [1.82, 2.24) is 9.88 Å². The van der Waals surface area contributed by atoms with Gasteiger partial charge >= 0.3 is 0 Å². The van der Waals surface area contributed by atoms with Gasteiger partial charge in [-0.1, -0.05) is 66.7 Å². The average Bonchev–Trinajstić information content (AvgIpc) is 3.04. The molecule has 3 aromatic carbocycles. The molecule has 0 aliphatic carbocycles. The Morgan fingerprint density at radius 2 is 1.79 bits per heavy atom. The molecule has 5 unspecified atom stereocenters. The minimum Gasteiger partial charge on any atom is -0.392 e. The van der Waals surface area contributed by atoms with Gasteiger partial charge in [0.05, 0.1) is 30.5 Å². The number of ether oxygens (including phenoxy) is 2. The van der Waals surface area contributed by atoms with Crippen LogP contribution in [0.4, 0.5) is 5.69 Å². The Morgan fingerprint density at radius 3 is 2.50 bits per heavy atom. The lowest BCUT2D eigenvalue weighted by molar-refractivity contribution is -0.253. The highest BCUT2D eigenvalue weighted by molar-refractivity contribution is 6.04. The average molecular weight is 568 g/mol. The number of carbonyl (C=O) groups excluding carboxylic acids is 1. The Morgan fingerprint density at radius 1 is 1.00 bits per heavy atom. The van der Waals surface area contributed by atoms with E-state index < -0.39 is 12.4 Å². The Hall–Kier alpha value is -3.92. The van der Waals surface area contributed by atoms with Crippen LogP contribution in [-0.4, -0.2) is 51.7 Å². The van der Waals surface area contributed by atoms with E-state index in [4.69, 9.17) is 9.47 Å².